The van der Waals surface area contributed by atoms with E-state index in [2.05, 4.69) is 10.3 Å². The first kappa shape index (κ1) is 16.0. The summed E-state index contributed by atoms with van der Waals surface area (Å²) < 4.78 is 18.0. The molecule has 0 aliphatic rings. The highest BCUT2D eigenvalue weighted by Gasteiger charge is 2.04. The quantitative estimate of drug-likeness (QED) is 0.699. The molecule has 2 N–H and O–H groups in total. The van der Waals surface area contributed by atoms with Crippen molar-refractivity contribution in [2.24, 2.45) is 0 Å². The highest BCUT2D eigenvalue weighted by atomic mass is 32.1. The van der Waals surface area contributed by atoms with Gasteiger partial charge >= 0.3 is 0 Å². The first-order chi connectivity index (χ1) is 10.3. The van der Waals surface area contributed by atoms with Crippen LogP contribution in [0.25, 0.3) is 10.6 Å². The molecule has 2 rings (SSSR count). The van der Waals surface area contributed by atoms with Crippen molar-refractivity contribution in [2.45, 2.75) is 13.0 Å². The summed E-state index contributed by atoms with van der Waals surface area (Å²) in [4.78, 5) is 4.53. The third-order valence-electron chi connectivity index (χ3n) is 2.83. The molecule has 0 amide bonds. The summed E-state index contributed by atoms with van der Waals surface area (Å²) >= 11 is 1.56. The smallest absolute Gasteiger partial charge is 0.123 e. The van der Waals surface area contributed by atoms with Crippen LogP contribution in [0.3, 0.4) is 0 Å². The van der Waals surface area contributed by atoms with Crippen molar-refractivity contribution in [3.8, 4) is 10.6 Å². The Morgan fingerprint density at radius 2 is 2.05 bits per heavy atom. The van der Waals surface area contributed by atoms with E-state index in [-0.39, 0.29) is 12.4 Å². The van der Waals surface area contributed by atoms with Gasteiger partial charge < -0.3 is 15.2 Å². The third kappa shape index (κ3) is 5.51. The number of nitrogens with zero attached hydrogens (tertiary/aromatic N) is 1. The second-order valence-corrected chi connectivity index (χ2v) is 5.38. The molecular formula is C15H19FN2O2S. The minimum atomic E-state index is -0.236. The van der Waals surface area contributed by atoms with Crippen LogP contribution in [0.1, 0.15) is 12.1 Å². The first-order valence-corrected chi connectivity index (χ1v) is 7.77. The van der Waals surface area contributed by atoms with Crippen molar-refractivity contribution in [2.75, 3.05) is 26.4 Å². The standard InChI is InChI=1S/C15H19FN2O2S/c16-13-4-2-12(3-5-13)15-18-14(11-21-15)10-17-6-1-8-20-9-7-19/h2-5,11,17,19H,1,6-10H2. The summed E-state index contributed by atoms with van der Waals surface area (Å²) in [7, 11) is 0. The summed E-state index contributed by atoms with van der Waals surface area (Å²) in [6.07, 6.45) is 0.898. The van der Waals surface area contributed by atoms with Crippen LogP contribution < -0.4 is 5.32 Å². The number of thiazole rings is 1. The molecule has 114 valence electrons. The van der Waals surface area contributed by atoms with Crippen molar-refractivity contribution in [3.05, 3.63) is 41.2 Å². The van der Waals surface area contributed by atoms with Gasteiger partial charge in [0.05, 0.1) is 18.9 Å². The van der Waals surface area contributed by atoms with Crippen molar-refractivity contribution in [1.29, 1.82) is 0 Å². The number of benzene rings is 1. The first-order valence-electron chi connectivity index (χ1n) is 6.89. The van der Waals surface area contributed by atoms with Gasteiger partial charge in [0.25, 0.3) is 0 Å². The molecular weight excluding hydrogens is 291 g/mol. The van der Waals surface area contributed by atoms with E-state index in [0.29, 0.717) is 19.8 Å². The minimum Gasteiger partial charge on any atom is -0.394 e. The van der Waals surface area contributed by atoms with E-state index >= 15 is 0 Å². The Morgan fingerprint density at radius 3 is 2.81 bits per heavy atom. The molecule has 1 aromatic heterocycles. The Bertz CT molecular complexity index is 531. The number of aliphatic hydroxyl groups is 1. The van der Waals surface area contributed by atoms with Crippen molar-refractivity contribution < 1.29 is 14.2 Å². The maximum Gasteiger partial charge on any atom is 0.123 e. The molecule has 0 saturated heterocycles. The van der Waals surface area contributed by atoms with Crippen molar-refractivity contribution in [3.63, 3.8) is 0 Å². The van der Waals surface area contributed by atoms with Gasteiger partial charge in [-0.25, -0.2) is 9.37 Å². The zero-order chi connectivity index (χ0) is 14.9. The monoisotopic (exact) mass is 310 g/mol. The molecule has 0 radical (unpaired) electrons. The van der Waals surface area contributed by atoms with E-state index in [1.165, 1.54) is 12.1 Å². The molecule has 1 aromatic carbocycles. The summed E-state index contributed by atoms with van der Waals surface area (Å²) in [5, 5.41) is 14.8. The third-order valence-corrected chi connectivity index (χ3v) is 3.77. The van der Waals surface area contributed by atoms with E-state index in [1.54, 1.807) is 23.5 Å². The van der Waals surface area contributed by atoms with E-state index in [0.717, 1.165) is 29.2 Å². The van der Waals surface area contributed by atoms with Gasteiger partial charge in [-0.1, -0.05) is 0 Å². The highest BCUT2D eigenvalue weighted by molar-refractivity contribution is 7.13. The topological polar surface area (TPSA) is 54.4 Å². The van der Waals surface area contributed by atoms with Crippen LogP contribution in [0, 0.1) is 5.82 Å². The molecule has 6 heteroatoms. The lowest BCUT2D eigenvalue weighted by Crippen LogP contribution is -2.17. The summed E-state index contributed by atoms with van der Waals surface area (Å²) in [6.45, 7) is 2.66. The lowest BCUT2D eigenvalue weighted by molar-refractivity contribution is 0.0907. The van der Waals surface area contributed by atoms with Gasteiger partial charge in [0.1, 0.15) is 10.8 Å². The zero-order valence-electron chi connectivity index (χ0n) is 11.7. The van der Waals surface area contributed by atoms with E-state index in [1.807, 2.05) is 5.38 Å². The van der Waals surface area contributed by atoms with Gasteiger partial charge in [0, 0.05) is 24.1 Å². The lowest BCUT2D eigenvalue weighted by Gasteiger charge is -2.03. The second kappa shape index (κ2) is 8.84. The molecule has 0 atom stereocenters. The zero-order valence-corrected chi connectivity index (χ0v) is 12.5. The number of aliphatic hydroxyl groups excluding tert-OH is 1. The SMILES string of the molecule is OCCOCCCNCc1csc(-c2ccc(F)cc2)n1. The normalized spacial score (nSPS) is 11.0. The largest absolute Gasteiger partial charge is 0.394 e. The molecule has 0 bridgehead atoms. The van der Waals surface area contributed by atoms with Crippen LogP contribution in [0.15, 0.2) is 29.6 Å². The molecule has 0 fully saturated rings. The Kier molecular flexibility index (Phi) is 6.75. The van der Waals surface area contributed by atoms with Gasteiger partial charge in [-0.2, -0.15) is 0 Å². The Labute approximate surface area is 127 Å². The number of ether oxygens (including phenoxy) is 1. The van der Waals surface area contributed by atoms with Gasteiger partial charge in [-0.3, -0.25) is 0 Å². The fourth-order valence-electron chi connectivity index (χ4n) is 1.80. The predicted molar refractivity (Wildman–Crippen MR) is 81.7 cm³/mol. The number of hydrogen-bond acceptors (Lipinski definition) is 5. The average molecular weight is 310 g/mol. The van der Waals surface area contributed by atoms with Crippen LogP contribution in [0.4, 0.5) is 4.39 Å². The molecule has 0 saturated carbocycles. The van der Waals surface area contributed by atoms with E-state index < -0.39 is 0 Å². The summed E-state index contributed by atoms with van der Waals surface area (Å²) in [5.74, 6) is -0.236. The minimum absolute atomic E-state index is 0.0679. The number of nitrogens with one attached hydrogen (secondary N) is 1. The second-order valence-electron chi connectivity index (χ2n) is 4.52. The van der Waals surface area contributed by atoms with Gasteiger partial charge in [-0.05, 0) is 37.2 Å². The van der Waals surface area contributed by atoms with Crippen LogP contribution in [-0.2, 0) is 11.3 Å². The number of rotatable bonds is 9. The van der Waals surface area contributed by atoms with E-state index in [4.69, 9.17) is 9.84 Å². The van der Waals surface area contributed by atoms with Crippen LogP contribution in [0.5, 0.6) is 0 Å². The fourth-order valence-corrected chi connectivity index (χ4v) is 2.62. The number of halogens is 1. The Morgan fingerprint density at radius 1 is 1.24 bits per heavy atom. The van der Waals surface area contributed by atoms with Crippen LogP contribution in [0.2, 0.25) is 0 Å². The maximum atomic E-state index is 12.9. The maximum absolute atomic E-state index is 12.9. The molecule has 4 nitrogen and oxygen atoms in total. The highest BCUT2D eigenvalue weighted by Crippen LogP contribution is 2.23. The van der Waals surface area contributed by atoms with Crippen molar-refractivity contribution >= 4 is 11.3 Å². The lowest BCUT2D eigenvalue weighted by atomic mass is 10.2. The van der Waals surface area contributed by atoms with Gasteiger partial charge in [0.15, 0.2) is 0 Å². The number of hydrogen-bond donors (Lipinski definition) is 2. The molecule has 0 unspecified atom stereocenters. The Balaban J connectivity index is 1.72. The molecule has 2 aromatic rings. The van der Waals surface area contributed by atoms with Crippen molar-refractivity contribution in [1.82, 2.24) is 10.3 Å². The van der Waals surface area contributed by atoms with E-state index in [9.17, 15) is 4.39 Å². The molecule has 21 heavy (non-hydrogen) atoms. The summed E-state index contributed by atoms with van der Waals surface area (Å²) in [6, 6.07) is 6.37. The van der Waals surface area contributed by atoms with Crippen LogP contribution >= 0.6 is 11.3 Å². The van der Waals surface area contributed by atoms with Gasteiger partial charge in [-0.15, -0.1) is 11.3 Å². The number of aromatic nitrogens is 1. The predicted octanol–water partition coefficient (Wildman–Crippen LogP) is 2.44. The molecule has 0 aliphatic carbocycles. The Hall–Kier alpha value is -1.34. The van der Waals surface area contributed by atoms with Crippen LogP contribution in [-0.4, -0.2) is 36.5 Å². The molecule has 1 heterocycles. The summed E-state index contributed by atoms with van der Waals surface area (Å²) in [5.41, 5.74) is 1.92. The molecule has 0 aliphatic heterocycles. The average Bonchev–Trinajstić information content (AvgIpc) is 2.96. The molecule has 0 spiro atoms. The van der Waals surface area contributed by atoms with Gasteiger partial charge in [0.2, 0.25) is 0 Å². The fraction of sp³-hybridized carbons (Fsp3) is 0.400.